The smallest absolute Gasteiger partial charge is 0.358 e. The molecule has 5 rings (SSSR count). The third-order valence-electron chi connectivity index (χ3n) is 6.53. The number of pyridine rings is 1. The van der Waals surface area contributed by atoms with Gasteiger partial charge in [0.15, 0.2) is 28.5 Å². The van der Waals surface area contributed by atoms with Gasteiger partial charge in [-0.25, -0.2) is 14.8 Å². The highest BCUT2D eigenvalue weighted by atomic mass is 16.4. The van der Waals surface area contributed by atoms with Crippen molar-refractivity contribution in [2.24, 2.45) is 11.1 Å². The van der Waals surface area contributed by atoms with Gasteiger partial charge >= 0.3 is 5.97 Å². The predicted molar refractivity (Wildman–Crippen MR) is 117 cm³/mol. The van der Waals surface area contributed by atoms with Crippen LogP contribution in [0.3, 0.4) is 0 Å². The first-order valence-electron chi connectivity index (χ1n) is 10.6. The number of aryl methyl sites for hydroxylation is 1. The first-order chi connectivity index (χ1) is 15.0. The van der Waals surface area contributed by atoms with Crippen molar-refractivity contribution in [3.63, 3.8) is 0 Å². The van der Waals surface area contributed by atoms with Gasteiger partial charge in [-0.3, -0.25) is 10.1 Å². The van der Waals surface area contributed by atoms with E-state index < -0.39 is 5.97 Å². The van der Waals surface area contributed by atoms with Crippen LogP contribution in [0.15, 0.2) is 18.3 Å². The predicted octanol–water partition coefficient (Wildman–Crippen LogP) is 2.10. The van der Waals surface area contributed by atoms with Crippen LogP contribution in [0.4, 0.5) is 17.3 Å². The van der Waals surface area contributed by atoms with Gasteiger partial charge in [-0.2, -0.15) is 5.10 Å². The summed E-state index contributed by atoms with van der Waals surface area (Å²) in [6.45, 7) is 4.94. The van der Waals surface area contributed by atoms with Crippen molar-refractivity contribution in [1.29, 1.82) is 0 Å². The van der Waals surface area contributed by atoms with Crippen LogP contribution in [-0.2, 0) is 6.42 Å². The van der Waals surface area contributed by atoms with Crippen molar-refractivity contribution in [3.05, 3.63) is 29.7 Å². The summed E-state index contributed by atoms with van der Waals surface area (Å²) in [6, 6.07) is 3.90. The van der Waals surface area contributed by atoms with Gasteiger partial charge in [0, 0.05) is 25.8 Å². The number of fused-ring (bicyclic) bond motifs is 2. The molecule has 5 heterocycles. The third-order valence-corrected chi connectivity index (χ3v) is 6.53. The molecule has 2 aliphatic heterocycles. The lowest BCUT2D eigenvalue weighted by Crippen LogP contribution is -2.43. The summed E-state index contributed by atoms with van der Waals surface area (Å²) in [7, 11) is 0. The number of rotatable bonds is 4. The fourth-order valence-electron chi connectivity index (χ4n) is 4.45. The number of piperidine rings is 1. The standard InChI is InChI=1S/C21H26N8O2/c1-21(12-22)6-10-28(11-7-21)18-16(20(30)31)24-15-17(25-18)26-27-19(15)29-9-3-4-13-14(29)5-2-8-23-13/h2,5,8H,3-4,6-7,9-12,22H2,1H3,(H,30,31)(H,25,26,27). The lowest BCUT2D eigenvalue weighted by atomic mass is 9.80. The van der Waals surface area contributed by atoms with E-state index in [0.29, 0.717) is 42.4 Å². The zero-order valence-corrected chi connectivity index (χ0v) is 17.5. The van der Waals surface area contributed by atoms with Crippen molar-refractivity contribution in [1.82, 2.24) is 25.1 Å². The zero-order valence-electron chi connectivity index (χ0n) is 17.5. The second kappa shape index (κ2) is 7.45. The molecule has 2 aliphatic rings. The number of aromatic carboxylic acids is 1. The molecule has 162 valence electrons. The van der Waals surface area contributed by atoms with Crippen LogP contribution < -0.4 is 15.5 Å². The second-order valence-electron chi connectivity index (χ2n) is 8.67. The van der Waals surface area contributed by atoms with E-state index in [-0.39, 0.29) is 11.1 Å². The van der Waals surface area contributed by atoms with Gasteiger partial charge in [0.1, 0.15) is 0 Å². The molecular weight excluding hydrogens is 396 g/mol. The number of hydrogen-bond acceptors (Lipinski definition) is 8. The summed E-state index contributed by atoms with van der Waals surface area (Å²) in [6.07, 6.45) is 5.39. The first-order valence-corrected chi connectivity index (χ1v) is 10.6. The number of anilines is 3. The number of aromatic amines is 1. The normalized spacial score (nSPS) is 18.3. The number of carbonyl (C=O) groups is 1. The summed E-state index contributed by atoms with van der Waals surface area (Å²) in [5.41, 5.74) is 8.87. The van der Waals surface area contributed by atoms with Crippen molar-refractivity contribution >= 4 is 34.5 Å². The molecule has 1 saturated heterocycles. The number of carboxylic acids is 1. The zero-order chi connectivity index (χ0) is 21.6. The van der Waals surface area contributed by atoms with Gasteiger partial charge in [0.2, 0.25) is 0 Å². The van der Waals surface area contributed by atoms with E-state index in [9.17, 15) is 9.90 Å². The molecule has 4 N–H and O–H groups in total. The monoisotopic (exact) mass is 422 g/mol. The maximum atomic E-state index is 12.1. The number of nitrogens with zero attached hydrogens (tertiary/aromatic N) is 6. The molecule has 0 bridgehead atoms. The molecule has 0 atom stereocenters. The van der Waals surface area contributed by atoms with Gasteiger partial charge in [0.25, 0.3) is 0 Å². The van der Waals surface area contributed by atoms with E-state index in [2.05, 4.69) is 32.1 Å². The molecule has 3 aromatic rings. The molecule has 10 nitrogen and oxygen atoms in total. The highest BCUT2D eigenvalue weighted by Crippen LogP contribution is 2.36. The maximum Gasteiger partial charge on any atom is 0.358 e. The fourth-order valence-corrected chi connectivity index (χ4v) is 4.45. The number of carboxylic acid groups (broad SMARTS) is 1. The van der Waals surface area contributed by atoms with Crippen LogP contribution in [0.1, 0.15) is 42.4 Å². The van der Waals surface area contributed by atoms with E-state index in [4.69, 9.17) is 5.73 Å². The highest BCUT2D eigenvalue weighted by molar-refractivity contribution is 5.96. The molecule has 0 aromatic carbocycles. The Labute approximate surface area is 179 Å². The highest BCUT2D eigenvalue weighted by Gasteiger charge is 2.32. The van der Waals surface area contributed by atoms with E-state index in [0.717, 1.165) is 43.6 Å². The van der Waals surface area contributed by atoms with Crippen molar-refractivity contribution in [3.8, 4) is 0 Å². The maximum absolute atomic E-state index is 12.1. The molecular formula is C21H26N8O2. The van der Waals surface area contributed by atoms with Crippen molar-refractivity contribution in [2.75, 3.05) is 36.0 Å². The Morgan fingerprint density at radius 3 is 2.81 bits per heavy atom. The van der Waals surface area contributed by atoms with E-state index in [1.807, 2.05) is 21.9 Å². The van der Waals surface area contributed by atoms with Crippen LogP contribution in [0.2, 0.25) is 0 Å². The molecule has 0 saturated carbocycles. The molecule has 1 fully saturated rings. The van der Waals surface area contributed by atoms with E-state index >= 15 is 0 Å². The molecule has 0 aliphatic carbocycles. The summed E-state index contributed by atoms with van der Waals surface area (Å²) >= 11 is 0. The molecule has 10 heteroatoms. The Morgan fingerprint density at radius 2 is 2.06 bits per heavy atom. The quantitative estimate of drug-likeness (QED) is 0.577. The average molecular weight is 422 g/mol. The SMILES string of the molecule is CC1(CN)CCN(c2nc3[nH]nc(N4CCCc5ncccc54)c3nc2C(=O)O)CC1. The number of nitrogens with one attached hydrogen (secondary N) is 1. The van der Waals surface area contributed by atoms with Crippen LogP contribution in [0.25, 0.3) is 11.2 Å². The third kappa shape index (κ3) is 3.36. The van der Waals surface area contributed by atoms with Gasteiger partial charge in [-0.05, 0) is 49.8 Å². The van der Waals surface area contributed by atoms with Gasteiger partial charge in [0.05, 0.1) is 11.4 Å². The Balaban J connectivity index is 1.55. The van der Waals surface area contributed by atoms with Crippen LogP contribution >= 0.6 is 0 Å². The Bertz CT molecular complexity index is 1140. The summed E-state index contributed by atoms with van der Waals surface area (Å²) in [4.78, 5) is 29.8. The number of nitrogens with two attached hydrogens (primary N) is 1. The van der Waals surface area contributed by atoms with E-state index in [1.54, 1.807) is 6.20 Å². The molecule has 0 amide bonds. The number of aromatic nitrogens is 5. The Hall–Kier alpha value is -3.27. The van der Waals surface area contributed by atoms with Crippen molar-refractivity contribution < 1.29 is 9.90 Å². The molecule has 0 radical (unpaired) electrons. The van der Waals surface area contributed by atoms with Gasteiger partial charge < -0.3 is 20.6 Å². The second-order valence-corrected chi connectivity index (χ2v) is 8.67. The molecule has 0 spiro atoms. The molecule has 3 aromatic heterocycles. The lowest BCUT2D eigenvalue weighted by Gasteiger charge is -2.39. The minimum absolute atomic E-state index is 0.0464. The molecule has 0 unspecified atom stereocenters. The minimum atomic E-state index is -1.09. The first kappa shape index (κ1) is 19.7. The van der Waals surface area contributed by atoms with Crippen molar-refractivity contribution in [2.45, 2.75) is 32.6 Å². The fraction of sp³-hybridized carbons (Fsp3) is 0.476. The van der Waals surface area contributed by atoms with Gasteiger partial charge in [-0.15, -0.1) is 0 Å². The van der Waals surface area contributed by atoms with Crippen LogP contribution in [-0.4, -0.2) is 62.4 Å². The lowest BCUT2D eigenvalue weighted by molar-refractivity contribution is 0.0691. The summed E-state index contributed by atoms with van der Waals surface area (Å²) in [5, 5.41) is 17.3. The Morgan fingerprint density at radius 1 is 1.26 bits per heavy atom. The summed E-state index contributed by atoms with van der Waals surface area (Å²) < 4.78 is 0. The summed E-state index contributed by atoms with van der Waals surface area (Å²) in [5.74, 6) is -0.126. The number of H-pyrrole nitrogens is 1. The Kier molecular flexibility index (Phi) is 4.73. The molecule has 31 heavy (non-hydrogen) atoms. The topological polar surface area (TPSA) is 137 Å². The minimum Gasteiger partial charge on any atom is -0.476 e. The number of hydrogen-bond donors (Lipinski definition) is 3. The van der Waals surface area contributed by atoms with Crippen LogP contribution in [0, 0.1) is 5.41 Å². The van der Waals surface area contributed by atoms with Gasteiger partial charge in [-0.1, -0.05) is 6.92 Å². The average Bonchev–Trinajstić information content (AvgIpc) is 3.21. The largest absolute Gasteiger partial charge is 0.476 e. The van der Waals surface area contributed by atoms with Crippen LogP contribution in [0.5, 0.6) is 0 Å². The van der Waals surface area contributed by atoms with E-state index in [1.165, 1.54) is 0 Å².